The lowest BCUT2D eigenvalue weighted by atomic mass is 9.98. The van der Waals surface area contributed by atoms with Crippen molar-refractivity contribution in [3.63, 3.8) is 0 Å². The fraction of sp³-hybridized carbons (Fsp3) is 0.619. The number of aryl methyl sites for hydroxylation is 1. The molecule has 4 unspecified atom stereocenters. The van der Waals surface area contributed by atoms with Crippen molar-refractivity contribution in [3.8, 4) is 0 Å². The van der Waals surface area contributed by atoms with Gasteiger partial charge in [0, 0.05) is 24.7 Å². The van der Waals surface area contributed by atoms with E-state index in [4.69, 9.17) is 5.73 Å². The lowest BCUT2D eigenvalue weighted by Gasteiger charge is -2.26. The number of fused-ring (bicyclic) bond motifs is 1. The van der Waals surface area contributed by atoms with Crippen LogP contribution in [0, 0.1) is 24.7 Å². The smallest absolute Gasteiger partial charge is 0.252 e. The fourth-order valence-electron chi connectivity index (χ4n) is 4.46. The molecule has 1 heterocycles. The van der Waals surface area contributed by atoms with E-state index in [0.29, 0.717) is 29.7 Å². The standard InChI is InChI=1S/C21H31N3O2.ClH/c1-13(2)10-19(23-20(25)16-7-5-4-6-14(16)3)21(26)24-11-15-8-9-18(22)17(15)12-24;/h4-7,13,15,17-19H,8-12,22H2,1-3H3,(H,23,25);1H. The molecule has 6 heteroatoms. The molecule has 0 spiro atoms. The molecule has 1 saturated heterocycles. The van der Waals surface area contributed by atoms with Gasteiger partial charge in [0.1, 0.15) is 6.04 Å². The van der Waals surface area contributed by atoms with E-state index < -0.39 is 6.04 Å². The second-order valence-corrected chi connectivity index (χ2v) is 8.38. The van der Waals surface area contributed by atoms with E-state index in [1.165, 1.54) is 0 Å². The summed E-state index contributed by atoms with van der Waals surface area (Å²) >= 11 is 0. The summed E-state index contributed by atoms with van der Waals surface area (Å²) in [7, 11) is 0. The number of nitrogens with one attached hydrogen (secondary N) is 1. The van der Waals surface area contributed by atoms with E-state index in [2.05, 4.69) is 19.2 Å². The number of rotatable bonds is 5. The monoisotopic (exact) mass is 393 g/mol. The number of nitrogens with zero attached hydrogens (tertiary/aromatic N) is 1. The molecule has 27 heavy (non-hydrogen) atoms. The average Bonchev–Trinajstić information content (AvgIpc) is 3.16. The zero-order valence-corrected chi connectivity index (χ0v) is 17.3. The Hall–Kier alpha value is -1.59. The number of amides is 2. The maximum Gasteiger partial charge on any atom is 0.252 e. The normalized spacial score (nSPS) is 25.1. The second kappa shape index (κ2) is 9.07. The Balaban J connectivity index is 0.00000261. The predicted molar refractivity (Wildman–Crippen MR) is 110 cm³/mol. The van der Waals surface area contributed by atoms with Gasteiger partial charge < -0.3 is 16.0 Å². The Morgan fingerprint density at radius 3 is 2.56 bits per heavy atom. The van der Waals surface area contributed by atoms with Gasteiger partial charge in [-0.05, 0) is 55.6 Å². The molecule has 2 fully saturated rings. The molecule has 1 saturated carbocycles. The van der Waals surface area contributed by atoms with E-state index in [0.717, 1.165) is 31.5 Å². The van der Waals surface area contributed by atoms with Crippen LogP contribution >= 0.6 is 12.4 Å². The highest BCUT2D eigenvalue weighted by Crippen LogP contribution is 2.37. The molecule has 3 rings (SSSR count). The predicted octanol–water partition coefficient (Wildman–Crippen LogP) is 2.76. The first-order chi connectivity index (χ1) is 12.4. The van der Waals surface area contributed by atoms with E-state index in [1.807, 2.05) is 30.0 Å². The summed E-state index contributed by atoms with van der Waals surface area (Å²) < 4.78 is 0. The summed E-state index contributed by atoms with van der Waals surface area (Å²) in [5, 5.41) is 3.00. The summed E-state index contributed by atoms with van der Waals surface area (Å²) in [5.41, 5.74) is 7.76. The maximum absolute atomic E-state index is 13.1. The molecule has 0 radical (unpaired) electrons. The van der Waals surface area contributed by atoms with Gasteiger partial charge in [0.2, 0.25) is 5.91 Å². The van der Waals surface area contributed by atoms with Crippen molar-refractivity contribution in [3.05, 3.63) is 35.4 Å². The molecule has 4 atom stereocenters. The lowest BCUT2D eigenvalue weighted by Crippen LogP contribution is -2.49. The van der Waals surface area contributed by atoms with E-state index >= 15 is 0 Å². The molecule has 150 valence electrons. The van der Waals surface area contributed by atoms with Crippen LogP contribution in [0.3, 0.4) is 0 Å². The van der Waals surface area contributed by atoms with Crippen molar-refractivity contribution in [1.29, 1.82) is 0 Å². The van der Waals surface area contributed by atoms with Crippen molar-refractivity contribution in [2.24, 2.45) is 23.5 Å². The highest BCUT2D eigenvalue weighted by atomic mass is 35.5. The van der Waals surface area contributed by atoms with Gasteiger partial charge in [0.05, 0.1) is 0 Å². The van der Waals surface area contributed by atoms with E-state index in [1.54, 1.807) is 6.07 Å². The minimum Gasteiger partial charge on any atom is -0.340 e. The Labute approximate surface area is 168 Å². The third kappa shape index (κ3) is 4.82. The highest BCUT2D eigenvalue weighted by Gasteiger charge is 2.43. The second-order valence-electron chi connectivity index (χ2n) is 8.38. The lowest BCUT2D eigenvalue weighted by molar-refractivity contribution is -0.133. The number of hydrogen-bond acceptors (Lipinski definition) is 3. The molecule has 5 nitrogen and oxygen atoms in total. The first-order valence-corrected chi connectivity index (χ1v) is 9.77. The number of hydrogen-bond donors (Lipinski definition) is 2. The van der Waals surface area contributed by atoms with Gasteiger partial charge in [-0.1, -0.05) is 32.0 Å². The van der Waals surface area contributed by atoms with Crippen LogP contribution in [0.1, 0.15) is 49.0 Å². The Morgan fingerprint density at radius 2 is 1.93 bits per heavy atom. The minimum absolute atomic E-state index is 0. The number of carbonyl (C=O) groups excluding carboxylic acids is 2. The number of likely N-dealkylation sites (tertiary alicyclic amines) is 1. The van der Waals surface area contributed by atoms with E-state index in [9.17, 15) is 9.59 Å². The first kappa shape index (κ1) is 21.7. The van der Waals surface area contributed by atoms with Gasteiger partial charge in [-0.25, -0.2) is 0 Å². The van der Waals surface area contributed by atoms with Crippen LogP contribution in [0.4, 0.5) is 0 Å². The molecule has 1 aliphatic carbocycles. The number of nitrogens with two attached hydrogens (primary N) is 1. The SMILES string of the molecule is Cc1ccccc1C(=O)NC(CC(C)C)C(=O)N1CC2CCC(N)C2C1.Cl. The summed E-state index contributed by atoms with van der Waals surface area (Å²) in [6.45, 7) is 7.59. The first-order valence-electron chi connectivity index (χ1n) is 9.77. The Kier molecular flexibility index (Phi) is 7.29. The van der Waals surface area contributed by atoms with Crippen molar-refractivity contribution in [2.75, 3.05) is 13.1 Å². The molecule has 0 bridgehead atoms. The number of benzene rings is 1. The van der Waals surface area contributed by atoms with Crippen LogP contribution in [-0.2, 0) is 4.79 Å². The Bertz CT molecular complexity index is 679. The van der Waals surface area contributed by atoms with Crippen LogP contribution in [0.15, 0.2) is 24.3 Å². The van der Waals surface area contributed by atoms with Crippen molar-refractivity contribution in [1.82, 2.24) is 10.2 Å². The zero-order valence-electron chi connectivity index (χ0n) is 16.5. The highest BCUT2D eigenvalue weighted by molar-refractivity contribution is 5.98. The molecule has 3 N–H and O–H groups in total. The van der Waals surface area contributed by atoms with Gasteiger partial charge in [-0.3, -0.25) is 9.59 Å². The van der Waals surface area contributed by atoms with Crippen LogP contribution in [0.5, 0.6) is 0 Å². The largest absolute Gasteiger partial charge is 0.340 e. The molecule has 1 aliphatic heterocycles. The molecule has 2 aliphatic rings. The van der Waals surface area contributed by atoms with Crippen LogP contribution in [-0.4, -0.2) is 41.9 Å². The van der Waals surface area contributed by atoms with Crippen molar-refractivity contribution < 1.29 is 9.59 Å². The van der Waals surface area contributed by atoms with Gasteiger partial charge in [0.25, 0.3) is 5.91 Å². The number of carbonyl (C=O) groups is 2. The third-order valence-corrected chi connectivity index (χ3v) is 5.92. The van der Waals surface area contributed by atoms with Gasteiger partial charge in [-0.15, -0.1) is 12.4 Å². The maximum atomic E-state index is 13.1. The van der Waals surface area contributed by atoms with Gasteiger partial charge in [-0.2, -0.15) is 0 Å². The molecular formula is C21H32ClN3O2. The van der Waals surface area contributed by atoms with Gasteiger partial charge >= 0.3 is 0 Å². The van der Waals surface area contributed by atoms with Crippen molar-refractivity contribution >= 4 is 24.2 Å². The molecule has 0 aromatic heterocycles. The van der Waals surface area contributed by atoms with Gasteiger partial charge in [0.15, 0.2) is 0 Å². The summed E-state index contributed by atoms with van der Waals surface area (Å²) in [4.78, 5) is 27.8. The summed E-state index contributed by atoms with van der Waals surface area (Å²) in [6, 6.07) is 7.22. The van der Waals surface area contributed by atoms with Crippen LogP contribution < -0.4 is 11.1 Å². The molecule has 1 aromatic carbocycles. The van der Waals surface area contributed by atoms with Crippen LogP contribution in [0.2, 0.25) is 0 Å². The molecule has 1 aromatic rings. The topological polar surface area (TPSA) is 75.4 Å². The van der Waals surface area contributed by atoms with E-state index in [-0.39, 0.29) is 30.3 Å². The average molecular weight is 394 g/mol. The number of halogens is 1. The minimum atomic E-state index is -0.475. The molecular weight excluding hydrogens is 362 g/mol. The third-order valence-electron chi connectivity index (χ3n) is 5.92. The van der Waals surface area contributed by atoms with Crippen molar-refractivity contribution in [2.45, 2.75) is 52.1 Å². The quantitative estimate of drug-likeness (QED) is 0.807. The zero-order chi connectivity index (χ0) is 18.8. The summed E-state index contributed by atoms with van der Waals surface area (Å²) in [6.07, 6.45) is 2.82. The fourth-order valence-corrected chi connectivity index (χ4v) is 4.46. The Morgan fingerprint density at radius 1 is 1.22 bits per heavy atom. The van der Waals surface area contributed by atoms with Crippen LogP contribution in [0.25, 0.3) is 0 Å². The molecule has 2 amide bonds. The summed E-state index contributed by atoms with van der Waals surface area (Å²) in [5.74, 6) is 1.15.